The number of hydrogen-bond acceptors (Lipinski definition) is 3. The fourth-order valence-corrected chi connectivity index (χ4v) is 2.44. The van der Waals surface area contributed by atoms with Gasteiger partial charge in [0.2, 0.25) is 0 Å². The summed E-state index contributed by atoms with van der Waals surface area (Å²) in [6.07, 6.45) is 0.884. The molecule has 1 atom stereocenters. The highest BCUT2D eigenvalue weighted by Gasteiger charge is 2.27. The molecule has 0 aromatic heterocycles. The Bertz CT molecular complexity index is 600. The van der Waals surface area contributed by atoms with Crippen molar-refractivity contribution in [1.82, 2.24) is 0 Å². The van der Waals surface area contributed by atoms with E-state index >= 15 is 0 Å². The van der Waals surface area contributed by atoms with Gasteiger partial charge in [0.25, 0.3) is 0 Å². The van der Waals surface area contributed by atoms with Gasteiger partial charge in [0, 0.05) is 6.42 Å². The summed E-state index contributed by atoms with van der Waals surface area (Å²) >= 11 is 0. The van der Waals surface area contributed by atoms with E-state index < -0.39 is 5.60 Å². The molecule has 0 saturated heterocycles. The molecule has 3 rings (SSSR count). The quantitative estimate of drug-likeness (QED) is 0.868. The van der Waals surface area contributed by atoms with Gasteiger partial charge in [0.1, 0.15) is 17.1 Å². The van der Waals surface area contributed by atoms with Crippen molar-refractivity contribution in [3.05, 3.63) is 59.2 Å². The van der Waals surface area contributed by atoms with E-state index in [1.165, 1.54) is 0 Å². The molecule has 0 bridgehead atoms. The third-order valence-corrected chi connectivity index (χ3v) is 3.68. The monoisotopic (exact) mass is 256 g/mol. The highest BCUT2D eigenvalue weighted by atomic mass is 16.5. The molecule has 0 radical (unpaired) electrons. The van der Waals surface area contributed by atoms with Gasteiger partial charge in [-0.25, -0.2) is 0 Å². The van der Waals surface area contributed by atoms with Crippen molar-refractivity contribution in [3.63, 3.8) is 0 Å². The summed E-state index contributed by atoms with van der Waals surface area (Å²) in [5, 5.41) is 20.1. The number of rotatable bonds is 2. The average molecular weight is 256 g/mol. The van der Waals surface area contributed by atoms with Crippen LogP contribution in [-0.2, 0) is 12.0 Å². The number of fused-ring (bicyclic) bond motifs is 1. The van der Waals surface area contributed by atoms with Gasteiger partial charge < -0.3 is 14.9 Å². The molecule has 3 nitrogen and oxygen atoms in total. The lowest BCUT2D eigenvalue weighted by Gasteiger charge is -2.25. The molecule has 0 aliphatic carbocycles. The van der Waals surface area contributed by atoms with E-state index in [2.05, 4.69) is 0 Å². The number of benzene rings is 2. The van der Waals surface area contributed by atoms with Gasteiger partial charge in [-0.2, -0.15) is 0 Å². The third-order valence-electron chi connectivity index (χ3n) is 3.68. The molecule has 1 aliphatic heterocycles. The minimum Gasteiger partial charge on any atom is -0.508 e. The van der Waals surface area contributed by atoms with Gasteiger partial charge >= 0.3 is 0 Å². The number of hydrogen-bond donors (Lipinski definition) is 2. The predicted octanol–water partition coefficient (Wildman–Crippen LogP) is 2.58. The molecule has 2 N–H and O–H groups in total. The number of phenols is 1. The van der Waals surface area contributed by atoms with Crippen LogP contribution in [0.3, 0.4) is 0 Å². The fourth-order valence-electron chi connectivity index (χ4n) is 2.44. The van der Waals surface area contributed by atoms with Gasteiger partial charge in [-0.05, 0) is 47.9 Å². The Balaban J connectivity index is 2.02. The van der Waals surface area contributed by atoms with Crippen molar-refractivity contribution in [2.24, 2.45) is 0 Å². The first kappa shape index (κ1) is 12.1. The summed E-state index contributed by atoms with van der Waals surface area (Å²) in [5.41, 5.74) is 1.65. The normalized spacial score (nSPS) is 16.5. The standard InChI is InChI=1S/C16H16O3/c1-16(18,12-2-5-14(17)6-3-12)13-4-7-15-11(10-13)8-9-19-15/h2-7,10,17-18H,8-9H2,1H3. The molecule has 1 aliphatic rings. The molecule has 19 heavy (non-hydrogen) atoms. The summed E-state index contributed by atoms with van der Waals surface area (Å²) in [6, 6.07) is 12.4. The minimum atomic E-state index is -1.08. The molecular formula is C16H16O3. The first-order valence-electron chi connectivity index (χ1n) is 6.35. The van der Waals surface area contributed by atoms with E-state index in [1.54, 1.807) is 31.2 Å². The first-order valence-corrected chi connectivity index (χ1v) is 6.35. The maximum absolute atomic E-state index is 10.8. The lowest BCUT2D eigenvalue weighted by atomic mass is 9.87. The van der Waals surface area contributed by atoms with Crippen molar-refractivity contribution >= 4 is 0 Å². The van der Waals surface area contributed by atoms with Gasteiger partial charge in [0.05, 0.1) is 6.61 Å². The minimum absolute atomic E-state index is 0.196. The van der Waals surface area contributed by atoms with E-state index in [1.807, 2.05) is 18.2 Å². The van der Waals surface area contributed by atoms with Crippen molar-refractivity contribution in [1.29, 1.82) is 0 Å². The van der Waals surface area contributed by atoms with Crippen LogP contribution < -0.4 is 4.74 Å². The summed E-state index contributed by atoms with van der Waals surface area (Å²) in [6.45, 7) is 2.47. The molecule has 0 saturated carbocycles. The molecule has 3 heteroatoms. The van der Waals surface area contributed by atoms with Crippen LogP contribution in [0.15, 0.2) is 42.5 Å². The van der Waals surface area contributed by atoms with Crippen LogP contribution in [0.4, 0.5) is 0 Å². The molecule has 1 unspecified atom stereocenters. The largest absolute Gasteiger partial charge is 0.508 e. The summed E-state index contributed by atoms with van der Waals surface area (Å²) < 4.78 is 5.47. The van der Waals surface area contributed by atoms with Crippen LogP contribution in [0.1, 0.15) is 23.6 Å². The zero-order chi connectivity index (χ0) is 13.5. The van der Waals surface area contributed by atoms with Gasteiger partial charge in [0.15, 0.2) is 0 Å². The molecule has 0 fully saturated rings. The van der Waals surface area contributed by atoms with E-state index in [4.69, 9.17) is 4.74 Å². The maximum Gasteiger partial charge on any atom is 0.122 e. The van der Waals surface area contributed by atoms with Crippen LogP contribution in [0, 0.1) is 0 Å². The Hall–Kier alpha value is -2.00. The lowest BCUT2D eigenvalue weighted by Crippen LogP contribution is -2.22. The van der Waals surface area contributed by atoms with Crippen molar-refractivity contribution in [2.75, 3.05) is 6.61 Å². The fraction of sp³-hybridized carbons (Fsp3) is 0.250. The van der Waals surface area contributed by atoms with E-state index in [-0.39, 0.29) is 5.75 Å². The number of aromatic hydroxyl groups is 1. The molecule has 98 valence electrons. The number of ether oxygens (including phenoxy) is 1. The van der Waals surface area contributed by atoms with Crippen LogP contribution in [-0.4, -0.2) is 16.8 Å². The van der Waals surface area contributed by atoms with E-state index in [0.717, 1.165) is 28.9 Å². The Labute approximate surface area is 112 Å². The van der Waals surface area contributed by atoms with Gasteiger partial charge in [-0.1, -0.05) is 18.2 Å². The Morgan fingerprint density at radius 1 is 1.05 bits per heavy atom. The number of phenolic OH excluding ortho intramolecular Hbond substituents is 1. The van der Waals surface area contributed by atoms with E-state index in [0.29, 0.717) is 6.61 Å². The molecule has 1 heterocycles. The highest BCUT2D eigenvalue weighted by Crippen LogP contribution is 2.34. The second-order valence-electron chi connectivity index (χ2n) is 5.04. The number of aliphatic hydroxyl groups is 1. The molecule has 0 amide bonds. The maximum atomic E-state index is 10.8. The smallest absolute Gasteiger partial charge is 0.122 e. The SMILES string of the molecule is CC(O)(c1ccc(O)cc1)c1ccc2c(c1)CCO2. The van der Waals surface area contributed by atoms with Crippen molar-refractivity contribution in [2.45, 2.75) is 18.9 Å². The topological polar surface area (TPSA) is 49.7 Å². The third kappa shape index (κ3) is 2.06. The van der Waals surface area contributed by atoms with Crippen LogP contribution in [0.25, 0.3) is 0 Å². The predicted molar refractivity (Wildman–Crippen MR) is 72.4 cm³/mol. The van der Waals surface area contributed by atoms with Crippen LogP contribution in [0.2, 0.25) is 0 Å². The molecule has 2 aromatic carbocycles. The molecule has 0 spiro atoms. The average Bonchev–Trinajstić information content (AvgIpc) is 2.86. The summed E-state index contributed by atoms with van der Waals surface area (Å²) in [5.74, 6) is 1.10. The second-order valence-corrected chi connectivity index (χ2v) is 5.04. The Morgan fingerprint density at radius 2 is 1.74 bits per heavy atom. The summed E-state index contributed by atoms with van der Waals surface area (Å²) in [7, 11) is 0. The van der Waals surface area contributed by atoms with E-state index in [9.17, 15) is 10.2 Å². The van der Waals surface area contributed by atoms with Crippen LogP contribution in [0.5, 0.6) is 11.5 Å². The van der Waals surface area contributed by atoms with Crippen LogP contribution >= 0.6 is 0 Å². The van der Waals surface area contributed by atoms with Crippen molar-refractivity contribution in [3.8, 4) is 11.5 Å². The van der Waals surface area contributed by atoms with Gasteiger partial charge in [-0.3, -0.25) is 0 Å². The molecular weight excluding hydrogens is 240 g/mol. The lowest BCUT2D eigenvalue weighted by molar-refractivity contribution is 0.102. The summed E-state index contributed by atoms with van der Waals surface area (Å²) in [4.78, 5) is 0. The second kappa shape index (κ2) is 4.28. The zero-order valence-corrected chi connectivity index (χ0v) is 10.8. The van der Waals surface area contributed by atoms with Crippen molar-refractivity contribution < 1.29 is 14.9 Å². The van der Waals surface area contributed by atoms with Gasteiger partial charge in [-0.15, -0.1) is 0 Å². The first-order chi connectivity index (χ1) is 9.07. The Kier molecular flexibility index (Phi) is 2.72. The Morgan fingerprint density at radius 3 is 2.47 bits per heavy atom. The zero-order valence-electron chi connectivity index (χ0n) is 10.8. The highest BCUT2D eigenvalue weighted by molar-refractivity contribution is 5.45. The molecule has 2 aromatic rings.